The van der Waals surface area contributed by atoms with Crippen LogP contribution in [0.15, 0.2) is 60.7 Å². The van der Waals surface area contributed by atoms with E-state index in [0.717, 1.165) is 17.5 Å². The molecule has 0 unspecified atom stereocenters. The molecule has 0 spiro atoms. The molecular weight excluding hydrogens is 715 g/mol. The highest BCUT2D eigenvalue weighted by Crippen LogP contribution is 2.16. The van der Waals surface area contributed by atoms with Crippen LogP contribution in [0.5, 0.6) is 0 Å². The number of likely N-dealkylation sites (tertiary alicyclic amines) is 1. The van der Waals surface area contributed by atoms with E-state index in [1.54, 1.807) is 32.7 Å². The Morgan fingerprint density at radius 3 is 1.70 bits per heavy atom. The van der Waals surface area contributed by atoms with E-state index in [1.807, 2.05) is 81.4 Å². The first-order valence-electron chi connectivity index (χ1n) is 19.8. The van der Waals surface area contributed by atoms with Crippen molar-refractivity contribution in [3.05, 3.63) is 71.8 Å². The first kappa shape index (κ1) is 45.3. The summed E-state index contributed by atoms with van der Waals surface area (Å²) in [6.07, 6.45) is 2.90. The molecule has 0 aromatic heterocycles. The third-order valence-corrected chi connectivity index (χ3v) is 9.38. The lowest BCUT2D eigenvalue weighted by molar-refractivity contribution is -0.138. The minimum absolute atomic E-state index is 0.00172. The molecule has 14 nitrogen and oxygen atoms in total. The van der Waals surface area contributed by atoms with Gasteiger partial charge in [0, 0.05) is 39.0 Å². The number of benzene rings is 2. The summed E-state index contributed by atoms with van der Waals surface area (Å²) in [5.74, 6) is -1.87. The fourth-order valence-electron chi connectivity index (χ4n) is 6.48. The van der Waals surface area contributed by atoms with Gasteiger partial charge in [0.15, 0.2) is 0 Å². The Kier molecular flexibility index (Phi) is 18.1. The summed E-state index contributed by atoms with van der Waals surface area (Å²) in [7, 11) is 1.55. The smallest absolute Gasteiger partial charge is 0.408 e. The van der Waals surface area contributed by atoms with E-state index in [4.69, 9.17) is 4.74 Å². The number of alkyl carbamates (subject to hydrolysis) is 1. The molecule has 7 amide bonds. The Labute approximate surface area is 332 Å². The van der Waals surface area contributed by atoms with Crippen molar-refractivity contribution in [1.29, 1.82) is 0 Å². The third-order valence-electron chi connectivity index (χ3n) is 9.38. The minimum Gasteiger partial charge on any atom is -0.444 e. The van der Waals surface area contributed by atoms with Crippen LogP contribution in [-0.4, -0.2) is 96.6 Å². The average Bonchev–Trinajstić information content (AvgIpc) is 3.15. The standard InChI is InChI=1S/C42H63N7O7/c1-8-9-20-32(39(53)49-23-21-31(22-24-49)44-40(54)43-7)45-36(50)33(25-28(2)3)46-37(51)34(26-29-16-12-10-13-17-29)47-38(52)35(27-30-18-14-11-15-19-30)48-41(55)56-42(4,5)6/h10-19,28,31-35H,8-9,20-27H2,1-7H3,(H,45,50)(H,46,51)(H,47,52)(H,48,55)(H2,43,44,54)/t32-,33-,34-,35-/m1/s1. The van der Waals surface area contributed by atoms with E-state index < -0.39 is 53.6 Å². The van der Waals surface area contributed by atoms with Crippen LogP contribution < -0.4 is 31.9 Å². The Hall–Kier alpha value is -5.14. The first-order valence-corrected chi connectivity index (χ1v) is 19.8. The molecule has 1 heterocycles. The largest absolute Gasteiger partial charge is 0.444 e. The molecule has 0 aliphatic carbocycles. The molecule has 0 bridgehead atoms. The van der Waals surface area contributed by atoms with Gasteiger partial charge in [-0.15, -0.1) is 0 Å². The molecule has 3 rings (SSSR count). The number of hydrogen-bond donors (Lipinski definition) is 6. The number of nitrogens with zero attached hydrogens (tertiary/aromatic N) is 1. The number of piperidine rings is 1. The summed E-state index contributed by atoms with van der Waals surface area (Å²) < 4.78 is 5.46. The summed E-state index contributed by atoms with van der Waals surface area (Å²) in [5.41, 5.74) is 0.762. The van der Waals surface area contributed by atoms with Gasteiger partial charge in [-0.05, 0) is 63.5 Å². The maximum Gasteiger partial charge on any atom is 0.408 e. The number of carbonyl (C=O) groups excluding carboxylic acids is 6. The van der Waals surface area contributed by atoms with Crippen molar-refractivity contribution in [3.63, 3.8) is 0 Å². The van der Waals surface area contributed by atoms with Crippen LogP contribution in [0.4, 0.5) is 9.59 Å². The highest BCUT2D eigenvalue weighted by molar-refractivity contribution is 5.95. The minimum atomic E-state index is -1.12. The van der Waals surface area contributed by atoms with Crippen LogP contribution in [0.25, 0.3) is 0 Å². The molecular formula is C42H63N7O7. The number of nitrogens with one attached hydrogen (secondary N) is 6. The highest BCUT2D eigenvalue weighted by Gasteiger charge is 2.34. The Morgan fingerprint density at radius 1 is 0.732 bits per heavy atom. The number of unbranched alkanes of at least 4 members (excludes halogenated alkanes) is 1. The maximum atomic E-state index is 14.2. The van der Waals surface area contributed by atoms with Crippen molar-refractivity contribution in [2.45, 2.75) is 129 Å². The van der Waals surface area contributed by atoms with Gasteiger partial charge in [0.05, 0.1) is 0 Å². The van der Waals surface area contributed by atoms with Gasteiger partial charge in [-0.25, -0.2) is 9.59 Å². The van der Waals surface area contributed by atoms with E-state index in [0.29, 0.717) is 38.8 Å². The second-order valence-electron chi connectivity index (χ2n) is 15.9. The summed E-state index contributed by atoms with van der Waals surface area (Å²) >= 11 is 0. The van der Waals surface area contributed by atoms with Gasteiger partial charge in [-0.3, -0.25) is 19.2 Å². The number of urea groups is 1. The molecule has 0 saturated carbocycles. The highest BCUT2D eigenvalue weighted by atomic mass is 16.6. The quantitative estimate of drug-likeness (QED) is 0.132. The SMILES string of the molecule is CCCC[C@@H](NC(=O)[C@@H](CC(C)C)NC(=O)[C@@H](Cc1ccccc1)NC(=O)[C@@H](Cc1ccccc1)NC(=O)OC(C)(C)C)C(=O)N1CCC(NC(=O)NC)CC1. The Bertz CT molecular complexity index is 1570. The van der Waals surface area contributed by atoms with Crippen LogP contribution in [0.1, 0.15) is 91.2 Å². The van der Waals surface area contributed by atoms with Gasteiger partial charge in [0.1, 0.15) is 29.8 Å². The number of rotatable bonds is 18. The van der Waals surface area contributed by atoms with Crippen LogP contribution in [-0.2, 0) is 36.8 Å². The Morgan fingerprint density at radius 2 is 1.21 bits per heavy atom. The van der Waals surface area contributed by atoms with Crippen LogP contribution in [0.2, 0.25) is 0 Å². The predicted octanol–water partition coefficient (Wildman–Crippen LogP) is 3.98. The molecule has 56 heavy (non-hydrogen) atoms. The Balaban J connectivity index is 1.82. The van der Waals surface area contributed by atoms with Crippen LogP contribution in [0, 0.1) is 5.92 Å². The molecule has 308 valence electrons. The van der Waals surface area contributed by atoms with Crippen molar-refractivity contribution in [2.24, 2.45) is 5.92 Å². The molecule has 1 fully saturated rings. The maximum absolute atomic E-state index is 14.2. The van der Waals surface area contributed by atoms with Crippen molar-refractivity contribution in [1.82, 2.24) is 36.8 Å². The van der Waals surface area contributed by atoms with Crippen LogP contribution >= 0.6 is 0 Å². The summed E-state index contributed by atoms with van der Waals surface area (Å²) in [6, 6.07) is 14.1. The second kappa shape index (κ2) is 22.4. The van der Waals surface area contributed by atoms with E-state index in [9.17, 15) is 28.8 Å². The van der Waals surface area contributed by atoms with Gasteiger partial charge >= 0.3 is 12.1 Å². The van der Waals surface area contributed by atoms with E-state index in [1.165, 1.54) is 0 Å². The lowest BCUT2D eigenvalue weighted by atomic mass is 9.99. The zero-order chi connectivity index (χ0) is 41.3. The number of carbonyl (C=O) groups is 6. The molecule has 2 aromatic rings. The third kappa shape index (κ3) is 15.9. The van der Waals surface area contributed by atoms with Gasteiger partial charge in [0.2, 0.25) is 23.6 Å². The molecule has 1 saturated heterocycles. The second-order valence-corrected chi connectivity index (χ2v) is 15.9. The van der Waals surface area contributed by atoms with Gasteiger partial charge in [0.25, 0.3) is 0 Å². The number of hydrogen-bond acceptors (Lipinski definition) is 7. The molecule has 6 N–H and O–H groups in total. The fourth-order valence-corrected chi connectivity index (χ4v) is 6.48. The summed E-state index contributed by atoms with van der Waals surface area (Å²) in [5, 5.41) is 16.8. The lowest BCUT2D eigenvalue weighted by Crippen LogP contribution is -2.59. The summed E-state index contributed by atoms with van der Waals surface area (Å²) in [4.78, 5) is 82.5. The molecule has 14 heteroatoms. The normalized spacial score (nSPS) is 15.4. The molecule has 4 atom stereocenters. The molecule has 1 aliphatic heterocycles. The summed E-state index contributed by atoms with van der Waals surface area (Å²) in [6.45, 7) is 11.9. The first-order chi connectivity index (χ1) is 26.6. The number of amides is 7. The van der Waals surface area contributed by atoms with E-state index >= 15 is 0 Å². The van der Waals surface area contributed by atoms with E-state index in [-0.39, 0.29) is 43.2 Å². The van der Waals surface area contributed by atoms with Gasteiger partial charge in [-0.2, -0.15) is 0 Å². The molecule has 2 aromatic carbocycles. The lowest BCUT2D eigenvalue weighted by Gasteiger charge is -2.35. The molecule has 1 aliphatic rings. The van der Waals surface area contributed by atoms with Crippen molar-refractivity contribution >= 4 is 35.8 Å². The van der Waals surface area contributed by atoms with Gasteiger partial charge in [-0.1, -0.05) is 94.3 Å². The topological polar surface area (TPSA) is 187 Å². The van der Waals surface area contributed by atoms with Crippen molar-refractivity contribution in [3.8, 4) is 0 Å². The van der Waals surface area contributed by atoms with Gasteiger partial charge < -0.3 is 41.5 Å². The predicted molar refractivity (Wildman–Crippen MR) is 215 cm³/mol. The monoisotopic (exact) mass is 777 g/mol. The number of ether oxygens (including phenoxy) is 1. The van der Waals surface area contributed by atoms with Crippen LogP contribution in [0.3, 0.4) is 0 Å². The van der Waals surface area contributed by atoms with Crippen molar-refractivity contribution < 1.29 is 33.5 Å². The zero-order valence-corrected chi connectivity index (χ0v) is 34.1. The van der Waals surface area contributed by atoms with Crippen molar-refractivity contribution in [2.75, 3.05) is 20.1 Å². The van der Waals surface area contributed by atoms with E-state index in [2.05, 4.69) is 31.9 Å². The molecule has 0 radical (unpaired) electrons. The zero-order valence-electron chi connectivity index (χ0n) is 34.1. The fraction of sp³-hybridized carbons (Fsp3) is 0.571. The average molecular weight is 778 g/mol.